The Balaban J connectivity index is 1.61. The van der Waals surface area contributed by atoms with Crippen molar-refractivity contribution in [1.29, 1.82) is 0 Å². The Hall–Kier alpha value is -1.89. The van der Waals surface area contributed by atoms with Gasteiger partial charge in [-0.3, -0.25) is 9.20 Å². The normalized spacial score (nSPS) is 23.2. The Kier molecular flexibility index (Phi) is 4.98. The number of fused-ring (bicyclic) bond motifs is 1. The van der Waals surface area contributed by atoms with Crippen molar-refractivity contribution in [3.8, 4) is 0 Å². The van der Waals surface area contributed by atoms with E-state index in [0.717, 1.165) is 23.5 Å². The SMILES string of the molecule is CC(=O)N[C@H]1C[C@@H](Cc2ccccc2)O[C@@H](c2c(Cl)nc3sccn23)C1. The number of carbonyl (C=O) groups is 1. The molecule has 3 heterocycles. The Bertz CT molecular complexity index is 908. The van der Waals surface area contributed by atoms with Crippen LogP contribution < -0.4 is 5.32 Å². The van der Waals surface area contributed by atoms with Crippen LogP contribution in [-0.2, 0) is 16.0 Å². The van der Waals surface area contributed by atoms with Gasteiger partial charge in [-0.25, -0.2) is 4.98 Å². The van der Waals surface area contributed by atoms with Crippen LogP contribution in [-0.4, -0.2) is 27.4 Å². The van der Waals surface area contributed by atoms with E-state index < -0.39 is 0 Å². The summed E-state index contributed by atoms with van der Waals surface area (Å²) in [5.41, 5.74) is 2.09. The molecule has 0 unspecified atom stereocenters. The predicted molar refractivity (Wildman–Crippen MR) is 103 cm³/mol. The largest absolute Gasteiger partial charge is 0.368 e. The van der Waals surface area contributed by atoms with Crippen LogP contribution >= 0.6 is 22.9 Å². The summed E-state index contributed by atoms with van der Waals surface area (Å²) >= 11 is 7.95. The Morgan fingerprint density at radius 1 is 1.38 bits per heavy atom. The highest BCUT2D eigenvalue weighted by atomic mass is 35.5. The fourth-order valence-corrected chi connectivity index (χ4v) is 4.73. The van der Waals surface area contributed by atoms with Crippen molar-refractivity contribution >= 4 is 33.8 Å². The third-order valence-corrected chi connectivity index (χ3v) is 5.71. The minimum Gasteiger partial charge on any atom is -0.368 e. The summed E-state index contributed by atoms with van der Waals surface area (Å²) < 4.78 is 8.41. The molecule has 1 saturated heterocycles. The van der Waals surface area contributed by atoms with Crippen LogP contribution in [0.15, 0.2) is 41.9 Å². The van der Waals surface area contributed by atoms with Crippen molar-refractivity contribution < 1.29 is 9.53 Å². The van der Waals surface area contributed by atoms with Gasteiger partial charge >= 0.3 is 0 Å². The molecule has 3 aromatic rings. The number of carbonyl (C=O) groups excluding carboxylic acids is 1. The first-order chi connectivity index (χ1) is 12.6. The maximum atomic E-state index is 11.6. The fraction of sp³-hybridized carbons (Fsp3) is 0.368. The van der Waals surface area contributed by atoms with Crippen molar-refractivity contribution in [2.45, 2.75) is 44.4 Å². The zero-order valence-electron chi connectivity index (χ0n) is 14.4. The average Bonchev–Trinajstić information content (AvgIpc) is 3.14. The van der Waals surface area contributed by atoms with Gasteiger partial charge in [-0.1, -0.05) is 41.9 Å². The summed E-state index contributed by atoms with van der Waals surface area (Å²) in [6, 6.07) is 10.3. The van der Waals surface area contributed by atoms with E-state index in [2.05, 4.69) is 22.4 Å². The van der Waals surface area contributed by atoms with Crippen molar-refractivity contribution in [1.82, 2.24) is 14.7 Å². The third-order valence-electron chi connectivity index (χ3n) is 4.68. The van der Waals surface area contributed by atoms with Crippen molar-refractivity contribution in [2.75, 3.05) is 0 Å². The standard InChI is InChI=1S/C19H20ClN3O2S/c1-12(24)21-14-10-15(9-13-5-3-2-4-6-13)25-16(11-14)17-18(20)22-19-23(17)7-8-26-19/h2-8,14-16H,9-11H2,1H3,(H,21,24)/t14-,15+,16+/m0/s1. The van der Waals surface area contributed by atoms with Gasteiger partial charge in [0.1, 0.15) is 6.10 Å². The van der Waals surface area contributed by atoms with E-state index in [1.165, 1.54) is 5.56 Å². The van der Waals surface area contributed by atoms with E-state index in [1.807, 2.05) is 34.2 Å². The number of hydrogen-bond acceptors (Lipinski definition) is 4. The second-order valence-corrected chi connectivity index (χ2v) is 7.88. The lowest BCUT2D eigenvalue weighted by Gasteiger charge is -2.35. The molecular weight excluding hydrogens is 370 g/mol. The number of hydrogen-bond donors (Lipinski definition) is 1. The molecule has 0 saturated carbocycles. The molecule has 26 heavy (non-hydrogen) atoms. The Morgan fingerprint density at radius 2 is 2.19 bits per heavy atom. The van der Waals surface area contributed by atoms with Crippen LogP contribution in [0.1, 0.15) is 37.1 Å². The van der Waals surface area contributed by atoms with Crippen molar-refractivity contribution in [2.24, 2.45) is 0 Å². The molecule has 5 nitrogen and oxygen atoms in total. The molecule has 136 valence electrons. The first-order valence-corrected chi connectivity index (χ1v) is 9.93. The molecule has 1 amide bonds. The van der Waals surface area contributed by atoms with Crippen LogP contribution in [0.3, 0.4) is 0 Å². The van der Waals surface area contributed by atoms with Crippen LogP contribution in [0.4, 0.5) is 0 Å². The van der Waals surface area contributed by atoms with Crippen LogP contribution in [0, 0.1) is 0 Å². The fourth-order valence-electron chi connectivity index (χ4n) is 3.67. The number of nitrogens with zero attached hydrogens (tertiary/aromatic N) is 2. The van der Waals surface area contributed by atoms with Gasteiger partial charge in [0, 0.05) is 24.5 Å². The number of thiazole rings is 1. The molecule has 1 N–H and O–H groups in total. The van der Waals surface area contributed by atoms with Gasteiger partial charge in [-0.2, -0.15) is 0 Å². The molecule has 2 aromatic heterocycles. The molecule has 0 spiro atoms. The summed E-state index contributed by atoms with van der Waals surface area (Å²) in [7, 11) is 0. The smallest absolute Gasteiger partial charge is 0.217 e. The third kappa shape index (κ3) is 3.63. The maximum absolute atomic E-state index is 11.6. The van der Waals surface area contributed by atoms with Gasteiger partial charge in [0.15, 0.2) is 10.1 Å². The van der Waals surface area contributed by atoms with Gasteiger partial charge in [0.05, 0.1) is 11.8 Å². The Labute approximate surface area is 161 Å². The van der Waals surface area contributed by atoms with Gasteiger partial charge in [0.25, 0.3) is 0 Å². The first kappa shape index (κ1) is 17.5. The number of halogens is 1. The van der Waals surface area contributed by atoms with Crippen molar-refractivity contribution in [3.63, 3.8) is 0 Å². The van der Waals surface area contributed by atoms with Gasteiger partial charge in [-0.15, -0.1) is 11.3 Å². The average molecular weight is 390 g/mol. The molecule has 3 atom stereocenters. The minimum absolute atomic E-state index is 0.00764. The van der Waals surface area contributed by atoms with Crippen LogP contribution in [0.5, 0.6) is 0 Å². The van der Waals surface area contributed by atoms with Crippen molar-refractivity contribution in [3.05, 3.63) is 58.3 Å². The summed E-state index contributed by atoms with van der Waals surface area (Å²) in [6.07, 6.45) is 4.05. The highest BCUT2D eigenvalue weighted by Gasteiger charge is 2.34. The monoisotopic (exact) mass is 389 g/mol. The van der Waals surface area contributed by atoms with E-state index in [-0.39, 0.29) is 24.2 Å². The molecule has 0 radical (unpaired) electrons. The van der Waals surface area contributed by atoms with E-state index in [1.54, 1.807) is 18.3 Å². The van der Waals surface area contributed by atoms with Crippen LogP contribution in [0.25, 0.3) is 4.96 Å². The van der Waals surface area contributed by atoms with Gasteiger partial charge in [-0.05, 0) is 24.8 Å². The summed E-state index contributed by atoms with van der Waals surface area (Å²) in [4.78, 5) is 16.9. The van der Waals surface area contributed by atoms with E-state index >= 15 is 0 Å². The molecule has 1 aromatic carbocycles. The predicted octanol–water partition coefficient (Wildman–Crippen LogP) is 4.02. The first-order valence-electron chi connectivity index (χ1n) is 8.67. The van der Waals surface area contributed by atoms with E-state index in [0.29, 0.717) is 11.6 Å². The topological polar surface area (TPSA) is 55.6 Å². The molecule has 7 heteroatoms. The molecule has 1 aliphatic heterocycles. The highest BCUT2D eigenvalue weighted by Crippen LogP contribution is 2.37. The minimum atomic E-state index is -0.202. The second kappa shape index (κ2) is 7.39. The number of amides is 1. The number of aromatic nitrogens is 2. The maximum Gasteiger partial charge on any atom is 0.217 e. The zero-order chi connectivity index (χ0) is 18.1. The molecule has 4 rings (SSSR count). The lowest BCUT2D eigenvalue weighted by molar-refractivity contribution is -0.122. The van der Waals surface area contributed by atoms with E-state index in [9.17, 15) is 4.79 Å². The number of rotatable bonds is 4. The second-order valence-electron chi connectivity index (χ2n) is 6.65. The summed E-state index contributed by atoms with van der Waals surface area (Å²) in [5, 5.41) is 5.52. The quantitative estimate of drug-likeness (QED) is 0.733. The highest BCUT2D eigenvalue weighted by molar-refractivity contribution is 7.15. The molecular formula is C19H20ClN3O2S. The molecule has 1 fully saturated rings. The molecule has 0 bridgehead atoms. The zero-order valence-corrected chi connectivity index (χ0v) is 16.0. The van der Waals surface area contributed by atoms with E-state index in [4.69, 9.17) is 16.3 Å². The number of nitrogens with one attached hydrogen (secondary N) is 1. The number of imidazole rings is 1. The molecule has 1 aliphatic rings. The Morgan fingerprint density at radius 3 is 2.96 bits per heavy atom. The summed E-state index contributed by atoms with van der Waals surface area (Å²) in [5.74, 6) is -0.0193. The summed E-state index contributed by atoms with van der Waals surface area (Å²) in [6.45, 7) is 1.56. The van der Waals surface area contributed by atoms with Crippen LogP contribution in [0.2, 0.25) is 5.15 Å². The van der Waals surface area contributed by atoms with Gasteiger partial charge < -0.3 is 10.1 Å². The number of ether oxygens (including phenoxy) is 1. The lowest BCUT2D eigenvalue weighted by atomic mass is 9.93. The molecule has 0 aliphatic carbocycles. The lowest BCUT2D eigenvalue weighted by Crippen LogP contribution is -2.43. The number of benzene rings is 1. The van der Waals surface area contributed by atoms with Gasteiger partial charge in [0.2, 0.25) is 5.91 Å².